The zero-order chi connectivity index (χ0) is 13.9. The van der Waals surface area contributed by atoms with Gasteiger partial charge in [0.1, 0.15) is 5.82 Å². The average Bonchev–Trinajstić information content (AvgIpc) is 2.87. The number of hydrogen-bond donors (Lipinski definition) is 2. The first kappa shape index (κ1) is 13.1. The van der Waals surface area contributed by atoms with Gasteiger partial charge in [-0.15, -0.1) is 5.10 Å². The fraction of sp³-hybridized carbons (Fsp3) is 0.615. The summed E-state index contributed by atoms with van der Waals surface area (Å²) in [6, 6.07) is 4.24. The minimum atomic E-state index is -0.298. The van der Waals surface area contributed by atoms with Gasteiger partial charge in [-0.2, -0.15) is 9.61 Å². The summed E-state index contributed by atoms with van der Waals surface area (Å²) in [5.41, 5.74) is 0.249. The van der Waals surface area contributed by atoms with Gasteiger partial charge in [0, 0.05) is 19.1 Å². The van der Waals surface area contributed by atoms with E-state index < -0.39 is 0 Å². The van der Waals surface area contributed by atoms with E-state index in [1.165, 1.54) is 23.8 Å². The number of anilines is 1. The van der Waals surface area contributed by atoms with Crippen LogP contribution in [0.2, 0.25) is 0 Å². The van der Waals surface area contributed by atoms with Crippen molar-refractivity contribution in [2.24, 2.45) is 0 Å². The first-order valence-electron chi connectivity index (χ1n) is 7.20. The number of fused-ring (bicyclic) bond motifs is 1. The van der Waals surface area contributed by atoms with Crippen molar-refractivity contribution < 1.29 is 0 Å². The van der Waals surface area contributed by atoms with E-state index >= 15 is 0 Å². The van der Waals surface area contributed by atoms with Crippen molar-refractivity contribution in [1.82, 2.24) is 25.1 Å². The van der Waals surface area contributed by atoms with Crippen LogP contribution in [0.5, 0.6) is 0 Å². The van der Waals surface area contributed by atoms with Gasteiger partial charge in [-0.25, -0.2) is 9.89 Å². The molecule has 0 amide bonds. The van der Waals surface area contributed by atoms with Crippen LogP contribution in [-0.4, -0.2) is 45.5 Å². The molecular formula is C13H20N6O. The Kier molecular flexibility index (Phi) is 3.68. The minimum absolute atomic E-state index is 0.298. The van der Waals surface area contributed by atoms with E-state index in [-0.39, 0.29) is 5.69 Å². The Morgan fingerprint density at radius 3 is 3.10 bits per heavy atom. The summed E-state index contributed by atoms with van der Waals surface area (Å²) >= 11 is 0. The molecule has 20 heavy (non-hydrogen) atoms. The number of aromatic nitrogens is 4. The van der Waals surface area contributed by atoms with Crippen molar-refractivity contribution in [3.05, 3.63) is 22.6 Å². The van der Waals surface area contributed by atoms with E-state index in [1.54, 1.807) is 0 Å². The number of aromatic amines is 1. The highest BCUT2D eigenvalue weighted by atomic mass is 16.2. The number of rotatable bonds is 4. The van der Waals surface area contributed by atoms with Gasteiger partial charge in [0.25, 0.3) is 0 Å². The highest BCUT2D eigenvalue weighted by molar-refractivity contribution is 5.45. The molecule has 108 valence electrons. The molecule has 7 heteroatoms. The Bertz CT molecular complexity index is 627. The van der Waals surface area contributed by atoms with E-state index in [4.69, 9.17) is 0 Å². The number of nitrogens with one attached hydrogen (secondary N) is 2. The molecule has 2 aromatic rings. The highest BCUT2D eigenvalue weighted by Gasteiger charge is 2.17. The SMILES string of the molecule is CCN(CC1CCCCN1)c1ccc2n[nH]c(=O)n2n1. The molecule has 0 aromatic carbocycles. The zero-order valence-corrected chi connectivity index (χ0v) is 11.7. The van der Waals surface area contributed by atoms with Crippen LogP contribution in [0.25, 0.3) is 5.65 Å². The second-order valence-corrected chi connectivity index (χ2v) is 5.18. The third-order valence-corrected chi connectivity index (χ3v) is 3.82. The molecule has 1 aliphatic heterocycles. The topological polar surface area (TPSA) is 78.3 Å². The van der Waals surface area contributed by atoms with Crippen LogP contribution in [0.15, 0.2) is 16.9 Å². The molecule has 0 bridgehead atoms. The summed E-state index contributed by atoms with van der Waals surface area (Å²) < 4.78 is 1.31. The summed E-state index contributed by atoms with van der Waals surface area (Å²) in [5, 5.41) is 14.2. The quantitative estimate of drug-likeness (QED) is 0.844. The van der Waals surface area contributed by atoms with Crippen LogP contribution in [-0.2, 0) is 0 Å². The monoisotopic (exact) mass is 276 g/mol. The molecule has 0 saturated carbocycles. The molecule has 3 heterocycles. The van der Waals surface area contributed by atoms with Crippen LogP contribution in [0, 0.1) is 0 Å². The molecule has 0 radical (unpaired) electrons. The van der Waals surface area contributed by atoms with Gasteiger partial charge in [-0.1, -0.05) is 6.42 Å². The second kappa shape index (κ2) is 5.62. The fourth-order valence-corrected chi connectivity index (χ4v) is 2.69. The first-order chi connectivity index (χ1) is 9.78. The molecule has 1 aliphatic rings. The zero-order valence-electron chi connectivity index (χ0n) is 11.7. The van der Waals surface area contributed by atoms with E-state index in [0.717, 1.165) is 25.5 Å². The summed E-state index contributed by atoms with van der Waals surface area (Å²) in [4.78, 5) is 13.8. The maximum Gasteiger partial charge on any atom is 0.364 e. The maximum atomic E-state index is 11.6. The molecular weight excluding hydrogens is 256 g/mol. The summed E-state index contributed by atoms with van der Waals surface area (Å²) in [5.74, 6) is 0.816. The Balaban J connectivity index is 1.82. The van der Waals surface area contributed by atoms with Crippen molar-refractivity contribution in [2.75, 3.05) is 24.5 Å². The standard InChI is InChI=1S/C13H20N6O/c1-2-18(9-10-5-3-4-8-14-10)12-7-6-11-15-16-13(20)19(11)17-12/h6-7,10,14H,2-5,8-9H2,1H3,(H,16,20). The van der Waals surface area contributed by atoms with E-state index in [2.05, 4.69) is 32.4 Å². The molecule has 2 aromatic heterocycles. The third kappa shape index (κ3) is 2.53. The van der Waals surface area contributed by atoms with E-state index in [0.29, 0.717) is 11.7 Å². The molecule has 0 aliphatic carbocycles. The largest absolute Gasteiger partial charge is 0.364 e. The molecule has 1 fully saturated rings. The van der Waals surface area contributed by atoms with E-state index in [1.807, 2.05) is 12.1 Å². The molecule has 3 rings (SSSR count). The average molecular weight is 276 g/mol. The lowest BCUT2D eigenvalue weighted by Crippen LogP contribution is -2.44. The number of nitrogens with zero attached hydrogens (tertiary/aromatic N) is 4. The maximum absolute atomic E-state index is 11.6. The Hall–Kier alpha value is -1.89. The number of piperidine rings is 1. The Morgan fingerprint density at radius 1 is 1.45 bits per heavy atom. The first-order valence-corrected chi connectivity index (χ1v) is 7.20. The van der Waals surface area contributed by atoms with Crippen molar-refractivity contribution in [1.29, 1.82) is 0 Å². The normalized spacial score (nSPS) is 19.4. The van der Waals surface area contributed by atoms with Gasteiger partial charge in [0.2, 0.25) is 0 Å². The number of H-pyrrole nitrogens is 1. The number of hydrogen-bond acceptors (Lipinski definition) is 5. The predicted octanol–water partition coefficient (Wildman–Crippen LogP) is 0.386. The smallest absolute Gasteiger partial charge is 0.354 e. The van der Waals surface area contributed by atoms with Gasteiger partial charge in [0.05, 0.1) is 0 Å². The lowest BCUT2D eigenvalue weighted by Gasteiger charge is -2.30. The van der Waals surface area contributed by atoms with Gasteiger partial charge >= 0.3 is 5.69 Å². The molecule has 1 saturated heterocycles. The van der Waals surface area contributed by atoms with Crippen LogP contribution in [0.4, 0.5) is 5.82 Å². The van der Waals surface area contributed by atoms with Gasteiger partial charge < -0.3 is 10.2 Å². The lowest BCUT2D eigenvalue weighted by atomic mass is 10.0. The fourth-order valence-electron chi connectivity index (χ4n) is 2.69. The third-order valence-electron chi connectivity index (χ3n) is 3.82. The summed E-state index contributed by atoms with van der Waals surface area (Å²) in [6.07, 6.45) is 3.74. The lowest BCUT2D eigenvalue weighted by molar-refractivity contribution is 0.399. The van der Waals surface area contributed by atoms with E-state index in [9.17, 15) is 4.79 Å². The van der Waals surface area contributed by atoms with Gasteiger partial charge in [-0.05, 0) is 38.4 Å². The number of likely N-dealkylation sites (N-methyl/N-ethyl adjacent to an activating group) is 1. The highest BCUT2D eigenvalue weighted by Crippen LogP contribution is 2.14. The van der Waals surface area contributed by atoms with Gasteiger partial charge in [-0.3, -0.25) is 0 Å². The second-order valence-electron chi connectivity index (χ2n) is 5.18. The Labute approximate surface area is 117 Å². The summed E-state index contributed by atoms with van der Waals surface area (Å²) in [6.45, 7) is 4.98. The molecule has 1 atom stereocenters. The van der Waals surface area contributed by atoms with Crippen molar-refractivity contribution in [3.8, 4) is 0 Å². The Morgan fingerprint density at radius 2 is 2.35 bits per heavy atom. The molecule has 7 nitrogen and oxygen atoms in total. The summed E-state index contributed by atoms with van der Waals surface area (Å²) in [7, 11) is 0. The van der Waals surface area contributed by atoms with Crippen molar-refractivity contribution >= 4 is 11.5 Å². The van der Waals surface area contributed by atoms with Crippen molar-refractivity contribution in [2.45, 2.75) is 32.2 Å². The molecule has 0 spiro atoms. The predicted molar refractivity (Wildman–Crippen MR) is 77.1 cm³/mol. The minimum Gasteiger partial charge on any atom is -0.354 e. The van der Waals surface area contributed by atoms with Crippen LogP contribution in [0.3, 0.4) is 0 Å². The van der Waals surface area contributed by atoms with Crippen LogP contribution < -0.4 is 15.9 Å². The molecule has 2 N–H and O–H groups in total. The van der Waals surface area contributed by atoms with Crippen LogP contribution >= 0.6 is 0 Å². The molecule has 1 unspecified atom stereocenters. The van der Waals surface area contributed by atoms with Gasteiger partial charge in [0.15, 0.2) is 5.65 Å². The van der Waals surface area contributed by atoms with Crippen molar-refractivity contribution in [3.63, 3.8) is 0 Å². The van der Waals surface area contributed by atoms with Crippen LogP contribution in [0.1, 0.15) is 26.2 Å².